The normalized spacial score (nSPS) is 20.5. The fourth-order valence-electron chi connectivity index (χ4n) is 11.7. The van der Waals surface area contributed by atoms with E-state index in [2.05, 4.69) is 183 Å². The molecule has 66 heavy (non-hydrogen) atoms. The van der Waals surface area contributed by atoms with Crippen molar-refractivity contribution in [1.29, 1.82) is 0 Å². The van der Waals surface area contributed by atoms with Crippen LogP contribution >= 0.6 is 0 Å². The summed E-state index contributed by atoms with van der Waals surface area (Å²) in [5.74, 6) is 5.23. The fraction of sp³-hybridized carbons (Fsp3) is 0.689. The summed E-state index contributed by atoms with van der Waals surface area (Å²) in [4.78, 5) is 20.4. The van der Waals surface area contributed by atoms with Gasteiger partial charge in [0.2, 0.25) is 5.91 Å². The maximum Gasteiger partial charge on any atom is 0.219 e. The van der Waals surface area contributed by atoms with Gasteiger partial charge in [0.25, 0.3) is 0 Å². The second kappa shape index (κ2) is 27.9. The quantitative estimate of drug-likeness (QED) is 0.236. The van der Waals surface area contributed by atoms with E-state index in [0.29, 0.717) is 16.9 Å². The lowest BCUT2D eigenvalue weighted by atomic mass is 9.63. The number of likely N-dealkylation sites (tertiary alicyclic amines) is 3. The van der Waals surface area contributed by atoms with Gasteiger partial charge in [-0.1, -0.05) is 160 Å². The standard InChI is InChI=1S/C15H23N.C15H22.C12H17N.C10H19NO.C9H19N/c1-13(2)15(9-11-16(3)12-10-15)14-7-5-4-6-8-14;1-13(2)15(11-7-4-8-12-15)14-9-5-3-6-10-14;1-10(2)13-8-7-11-5-3-4-6-12(11)9-13;1-8(2)10-4-6-11(7-5-10)9(3)12;1-8(2)9-4-6-10(3)7-5-9/h4-8,13H,9-12H2,1-3H3;3,5-6,9-10,13H,4,7-8,11-12H2,1-2H3;3-6,10H,7-9H2,1-2H3;8,10H,4-7H2,1-3H3;8-9H,4-7H2,1-3H3. The van der Waals surface area contributed by atoms with Crippen LogP contribution in [0.15, 0.2) is 84.9 Å². The van der Waals surface area contributed by atoms with Crippen molar-refractivity contribution in [3.8, 4) is 0 Å². The van der Waals surface area contributed by atoms with Gasteiger partial charge in [-0.05, 0) is 175 Å². The molecule has 0 N–H and O–H groups in total. The molecule has 1 aliphatic carbocycles. The van der Waals surface area contributed by atoms with Crippen LogP contribution in [-0.4, -0.2) is 91.5 Å². The summed E-state index contributed by atoms with van der Waals surface area (Å²) in [6, 6.07) is 31.7. The van der Waals surface area contributed by atoms with Gasteiger partial charge in [0, 0.05) is 44.6 Å². The van der Waals surface area contributed by atoms with Crippen molar-refractivity contribution in [3.05, 3.63) is 107 Å². The number of benzene rings is 3. The summed E-state index contributed by atoms with van der Waals surface area (Å²) < 4.78 is 0. The van der Waals surface area contributed by atoms with Crippen LogP contribution in [0, 0.1) is 35.5 Å². The molecule has 1 amide bonds. The van der Waals surface area contributed by atoms with Crippen LogP contribution < -0.4 is 0 Å². The molecule has 5 aliphatic rings. The van der Waals surface area contributed by atoms with E-state index in [1.54, 1.807) is 18.1 Å². The number of carbonyl (C=O) groups excluding carboxylic acids is 1. The van der Waals surface area contributed by atoms with E-state index in [4.69, 9.17) is 0 Å². The Balaban J connectivity index is 0.000000182. The van der Waals surface area contributed by atoms with Crippen molar-refractivity contribution in [2.45, 2.75) is 177 Å². The Kier molecular flexibility index (Phi) is 23.5. The molecule has 0 atom stereocenters. The number of fused-ring (bicyclic) bond motifs is 1. The average molecular weight is 905 g/mol. The molecule has 5 heteroatoms. The van der Waals surface area contributed by atoms with Gasteiger partial charge >= 0.3 is 0 Å². The number of rotatable bonds is 7. The molecule has 4 fully saturated rings. The zero-order valence-electron chi connectivity index (χ0n) is 45.0. The Hall–Kier alpha value is -2.99. The molecule has 3 saturated heterocycles. The summed E-state index contributed by atoms with van der Waals surface area (Å²) in [6.07, 6.45) is 16.0. The second-order valence-corrected chi connectivity index (χ2v) is 22.8. The first-order valence-corrected chi connectivity index (χ1v) is 27.0. The molecule has 4 aliphatic heterocycles. The molecule has 3 aromatic carbocycles. The largest absolute Gasteiger partial charge is 0.343 e. The van der Waals surface area contributed by atoms with Gasteiger partial charge in [0.15, 0.2) is 0 Å². The molecule has 0 spiro atoms. The molecular formula is C61H100N4O. The Morgan fingerprint density at radius 2 is 0.909 bits per heavy atom. The lowest BCUT2D eigenvalue weighted by Crippen LogP contribution is -2.44. The SMILES string of the molecule is CC(=O)N1CCC(C(C)C)CC1.CC(C)C1(c2ccccc2)CCCCC1.CC(C)C1(c2ccccc2)CCN(C)CC1.CC(C)C1CCN(C)CC1.CC(C)N1CCc2ccccc2C1. The molecule has 0 aromatic heterocycles. The molecule has 0 bridgehead atoms. The predicted molar refractivity (Wildman–Crippen MR) is 286 cm³/mol. The lowest BCUT2D eigenvalue weighted by molar-refractivity contribution is -0.130. The van der Waals surface area contributed by atoms with Crippen LogP contribution in [0.1, 0.15) is 169 Å². The van der Waals surface area contributed by atoms with Gasteiger partial charge in [-0.25, -0.2) is 0 Å². The van der Waals surface area contributed by atoms with E-state index in [9.17, 15) is 4.79 Å². The van der Waals surface area contributed by atoms with Gasteiger partial charge in [-0.3, -0.25) is 9.69 Å². The number of carbonyl (C=O) groups is 1. The fourth-order valence-corrected chi connectivity index (χ4v) is 11.7. The lowest BCUT2D eigenvalue weighted by Gasteiger charge is -2.44. The molecule has 0 unspecified atom stereocenters. The van der Waals surface area contributed by atoms with E-state index in [0.717, 1.165) is 55.1 Å². The van der Waals surface area contributed by atoms with Crippen molar-refractivity contribution < 1.29 is 4.79 Å². The third kappa shape index (κ3) is 16.6. The number of hydrogen-bond acceptors (Lipinski definition) is 4. The van der Waals surface area contributed by atoms with Crippen LogP contribution in [0.4, 0.5) is 0 Å². The molecule has 3 aromatic rings. The van der Waals surface area contributed by atoms with Crippen LogP contribution in [0.2, 0.25) is 0 Å². The van der Waals surface area contributed by atoms with Crippen LogP contribution in [0.5, 0.6) is 0 Å². The number of amides is 1. The minimum absolute atomic E-state index is 0.234. The maximum atomic E-state index is 11.0. The first-order chi connectivity index (χ1) is 31.5. The minimum Gasteiger partial charge on any atom is -0.343 e. The number of hydrogen-bond donors (Lipinski definition) is 0. The van der Waals surface area contributed by atoms with Gasteiger partial charge in [0.05, 0.1) is 0 Å². The van der Waals surface area contributed by atoms with Crippen molar-refractivity contribution in [1.82, 2.24) is 19.6 Å². The van der Waals surface area contributed by atoms with Gasteiger partial charge in [-0.2, -0.15) is 0 Å². The Bertz CT molecular complexity index is 1740. The zero-order chi connectivity index (χ0) is 48.3. The molecule has 5 nitrogen and oxygen atoms in total. The van der Waals surface area contributed by atoms with E-state index in [1.807, 2.05) is 4.90 Å². The van der Waals surface area contributed by atoms with E-state index >= 15 is 0 Å². The molecule has 370 valence electrons. The highest BCUT2D eigenvalue weighted by molar-refractivity contribution is 5.73. The van der Waals surface area contributed by atoms with E-state index < -0.39 is 0 Å². The summed E-state index contributed by atoms with van der Waals surface area (Å²) >= 11 is 0. The van der Waals surface area contributed by atoms with Crippen LogP contribution in [-0.2, 0) is 28.6 Å². The first kappa shape index (κ1) is 55.6. The van der Waals surface area contributed by atoms with Gasteiger partial charge in [0.1, 0.15) is 0 Å². The summed E-state index contributed by atoms with van der Waals surface area (Å²) in [5.41, 5.74) is 7.05. The Labute approximate surface area is 407 Å². The third-order valence-corrected chi connectivity index (χ3v) is 17.1. The second-order valence-electron chi connectivity index (χ2n) is 22.8. The predicted octanol–water partition coefficient (Wildman–Crippen LogP) is 14.2. The van der Waals surface area contributed by atoms with Crippen molar-refractivity contribution in [3.63, 3.8) is 0 Å². The number of piperidine rings is 3. The monoisotopic (exact) mass is 905 g/mol. The van der Waals surface area contributed by atoms with E-state index in [1.165, 1.54) is 121 Å². The highest BCUT2D eigenvalue weighted by Crippen LogP contribution is 2.45. The minimum atomic E-state index is 0.234. The van der Waals surface area contributed by atoms with Gasteiger partial charge in [-0.15, -0.1) is 0 Å². The van der Waals surface area contributed by atoms with E-state index in [-0.39, 0.29) is 5.91 Å². The zero-order valence-corrected chi connectivity index (χ0v) is 45.0. The molecule has 4 heterocycles. The van der Waals surface area contributed by atoms with Crippen molar-refractivity contribution in [2.75, 3.05) is 59.9 Å². The maximum absolute atomic E-state index is 11.0. The smallest absolute Gasteiger partial charge is 0.219 e. The third-order valence-electron chi connectivity index (χ3n) is 17.1. The molecule has 8 rings (SSSR count). The topological polar surface area (TPSA) is 30.0 Å². The highest BCUT2D eigenvalue weighted by atomic mass is 16.2. The summed E-state index contributed by atoms with van der Waals surface area (Å²) in [7, 11) is 4.45. The Morgan fingerprint density at radius 3 is 1.33 bits per heavy atom. The van der Waals surface area contributed by atoms with Crippen molar-refractivity contribution in [2.24, 2.45) is 35.5 Å². The Morgan fingerprint density at radius 1 is 0.500 bits per heavy atom. The molecule has 0 radical (unpaired) electrons. The highest BCUT2D eigenvalue weighted by Gasteiger charge is 2.38. The molecular weight excluding hydrogens is 805 g/mol. The molecule has 1 saturated carbocycles. The van der Waals surface area contributed by atoms with Crippen molar-refractivity contribution >= 4 is 5.91 Å². The van der Waals surface area contributed by atoms with Crippen LogP contribution in [0.25, 0.3) is 0 Å². The average Bonchev–Trinajstić information content (AvgIpc) is 3.33. The van der Waals surface area contributed by atoms with Crippen LogP contribution in [0.3, 0.4) is 0 Å². The summed E-state index contributed by atoms with van der Waals surface area (Å²) in [5, 5.41) is 0. The first-order valence-electron chi connectivity index (χ1n) is 27.0. The van der Waals surface area contributed by atoms with Gasteiger partial charge < -0.3 is 14.7 Å². The summed E-state index contributed by atoms with van der Waals surface area (Å²) in [6.45, 7) is 34.3. The number of nitrogens with zero attached hydrogens (tertiary/aromatic N) is 4.